The fourth-order valence-electron chi connectivity index (χ4n) is 2.67. The molecule has 0 saturated carbocycles. The highest BCUT2D eigenvalue weighted by Gasteiger charge is 2.19. The molecule has 1 heterocycles. The number of hydrogen-bond donors (Lipinski definition) is 1. The van der Waals surface area contributed by atoms with E-state index in [4.69, 9.17) is 4.74 Å². The van der Waals surface area contributed by atoms with Crippen LogP contribution in [0.2, 0.25) is 0 Å². The molecule has 0 unspecified atom stereocenters. The monoisotopic (exact) mass is 379 g/mol. The van der Waals surface area contributed by atoms with Gasteiger partial charge < -0.3 is 14.8 Å². The molecule has 0 aliphatic rings. The number of methoxy groups -OCH3 is 2. The minimum Gasteiger partial charge on any atom is -0.497 e. The number of nitrogens with one attached hydrogen (secondary N) is 1. The molecule has 1 amide bonds. The van der Waals surface area contributed by atoms with Gasteiger partial charge in [0.05, 0.1) is 25.5 Å². The summed E-state index contributed by atoms with van der Waals surface area (Å²) in [4.78, 5) is 24.1. The van der Waals surface area contributed by atoms with Gasteiger partial charge in [-0.15, -0.1) is 0 Å². The summed E-state index contributed by atoms with van der Waals surface area (Å²) in [5.41, 5.74) is 3.51. The molecule has 1 aromatic heterocycles. The molecule has 7 heteroatoms. The number of hydrogen-bond acceptors (Lipinski definition) is 5. The molecular formula is C21H21N3O4. The first kappa shape index (κ1) is 19.2. The van der Waals surface area contributed by atoms with Gasteiger partial charge >= 0.3 is 5.97 Å². The number of carbonyl (C=O) groups excluding carboxylic acids is 2. The smallest absolute Gasteiger partial charge is 0.325 e. The number of aryl methyl sites for hydroxylation is 1. The Balaban J connectivity index is 2.03. The normalized spacial score (nSPS) is 10.4. The maximum Gasteiger partial charge on any atom is 0.325 e. The first-order valence-corrected chi connectivity index (χ1v) is 8.68. The lowest BCUT2D eigenvalue weighted by molar-refractivity contribution is -0.139. The maximum atomic E-state index is 12.7. The lowest BCUT2D eigenvalue weighted by atomic mass is 10.1. The van der Waals surface area contributed by atoms with Crippen molar-refractivity contribution in [1.82, 2.24) is 15.1 Å². The summed E-state index contributed by atoms with van der Waals surface area (Å²) < 4.78 is 11.5. The van der Waals surface area contributed by atoms with Gasteiger partial charge in [-0.2, -0.15) is 5.10 Å². The standard InChI is InChI=1S/C21H21N3O4/c1-14-7-9-16(10-8-14)24-13-18(21(26)22-12-19(25)28-3)20(23-24)15-5-4-6-17(11-15)27-2/h4-11,13H,12H2,1-3H3,(H,22,26). The summed E-state index contributed by atoms with van der Waals surface area (Å²) in [5, 5.41) is 7.17. The number of aromatic nitrogens is 2. The predicted molar refractivity (Wildman–Crippen MR) is 105 cm³/mol. The molecule has 0 aliphatic carbocycles. The molecule has 0 bridgehead atoms. The van der Waals surface area contributed by atoms with E-state index in [0.29, 0.717) is 17.0 Å². The molecular weight excluding hydrogens is 358 g/mol. The summed E-state index contributed by atoms with van der Waals surface area (Å²) >= 11 is 0. The lowest BCUT2D eigenvalue weighted by Crippen LogP contribution is -2.30. The average molecular weight is 379 g/mol. The van der Waals surface area contributed by atoms with Crippen LogP contribution in [0.5, 0.6) is 5.75 Å². The highest BCUT2D eigenvalue weighted by atomic mass is 16.5. The molecule has 0 fully saturated rings. The summed E-state index contributed by atoms with van der Waals surface area (Å²) in [6.07, 6.45) is 1.64. The number of amides is 1. The third kappa shape index (κ3) is 4.20. The largest absolute Gasteiger partial charge is 0.497 e. The van der Waals surface area contributed by atoms with Crippen molar-refractivity contribution in [1.29, 1.82) is 0 Å². The van der Waals surface area contributed by atoms with E-state index in [1.54, 1.807) is 24.1 Å². The van der Waals surface area contributed by atoms with E-state index >= 15 is 0 Å². The lowest BCUT2D eigenvalue weighted by Gasteiger charge is -2.05. The first-order chi connectivity index (χ1) is 13.5. The van der Waals surface area contributed by atoms with Gasteiger partial charge in [-0.05, 0) is 31.2 Å². The first-order valence-electron chi connectivity index (χ1n) is 8.68. The van der Waals surface area contributed by atoms with E-state index in [2.05, 4.69) is 15.2 Å². The predicted octanol–water partition coefficient (Wildman–Crippen LogP) is 2.76. The Labute approximate surface area is 162 Å². The Morgan fingerprint density at radius 2 is 1.86 bits per heavy atom. The van der Waals surface area contributed by atoms with Crippen LogP contribution in [0.25, 0.3) is 16.9 Å². The van der Waals surface area contributed by atoms with Crippen LogP contribution in [0.1, 0.15) is 15.9 Å². The van der Waals surface area contributed by atoms with Crippen molar-refractivity contribution in [2.24, 2.45) is 0 Å². The molecule has 0 spiro atoms. The van der Waals surface area contributed by atoms with E-state index in [-0.39, 0.29) is 6.54 Å². The Hall–Kier alpha value is -3.61. The minimum atomic E-state index is -0.526. The average Bonchev–Trinajstić information content (AvgIpc) is 3.17. The second-order valence-electron chi connectivity index (χ2n) is 6.16. The van der Waals surface area contributed by atoms with Crippen LogP contribution in [0.15, 0.2) is 54.7 Å². The van der Waals surface area contributed by atoms with Crippen LogP contribution in [0.4, 0.5) is 0 Å². The van der Waals surface area contributed by atoms with Gasteiger partial charge in [-0.3, -0.25) is 9.59 Å². The molecule has 3 rings (SSSR count). The van der Waals surface area contributed by atoms with Crippen LogP contribution in [-0.4, -0.2) is 42.4 Å². The fraction of sp³-hybridized carbons (Fsp3) is 0.190. The van der Waals surface area contributed by atoms with E-state index < -0.39 is 11.9 Å². The number of carbonyl (C=O) groups is 2. The summed E-state index contributed by atoms with van der Waals surface area (Å²) in [6.45, 7) is 1.78. The number of benzene rings is 2. The van der Waals surface area contributed by atoms with E-state index in [1.807, 2.05) is 49.4 Å². The molecule has 144 valence electrons. The molecule has 0 saturated heterocycles. The van der Waals surface area contributed by atoms with Gasteiger partial charge in [0.15, 0.2) is 0 Å². The summed E-state index contributed by atoms with van der Waals surface area (Å²) in [7, 11) is 2.85. The minimum absolute atomic E-state index is 0.220. The van der Waals surface area contributed by atoms with Gasteiger partial charge in [0.2, 0.25) is 0 Å². The number of rotatable bonds is 6. The third-order valence-electron chi connectivity index (χ3n) is 4.22. The van der Waals surface area contributed by atoms with Crippen LogP contribution in [0, 0.1) is 6.92 Å². The second-order valence-corrected chi connectivity index (χ2v) is 6.16. The van der Waals surface area contributed by atoms with Crippen LogP contribution < -0.4 is 10.1 Å². The van der Waals surface area contributed by atoms with Gasteiger partial charge in [-0.25, -0.2) is 4.68 Å². The Morgan fingerprint density at radius 1 is 1.11 bits per heavy atom. The molecule has 0 aliphatic heterocycles. The molecule has 2 aromatic carbocycles. The van der Waals surface area contributed by atoms with Gasteiger partial charge in [0, 0.05) is 11.8 Å². The van der Waals surface area contributed by atoms with E-state index in [9.17, 15) is 9.59 Å². The SMILES string of the molecule is COC(=O)CNC(=O)c1cn(-c2ccc(C)cc2)nc1-c1cccc(OC)c1. The van der Waals surface area contributed by atoms with Crippen molar-refractivity contribution in [3.05, 3.63) is 65.9 Å². The number of esters is 1. The van der Waals surface area contributed by atoms with E-state index in [1.165, 1.54) is 7.11 Å². The van der Waals surface area contributed by atoms with Crippen LogP contribution in [0.3, 0.4) is 0 Å². The second kappa shape index (κ2) is 8.39. The van der Waals surface area contributed by atoms with Gasteiger partial charge in [-0.1, -0.05) is 29.8 Å². The number of nitrogens with zero attached hydrogens (tertiary/aromatic N) is 2. The van der Waals surface area contributed by atoms with Crippen LogP contribution >= 0.6 is 0 Å². The maximum absolute atomic E-state index is 12.7. The van der Waals surface area contributed by atoms with Crippen molar-refractivity contribution >= 4 is 11.9 Å². The van der Waals surface area contributed by atoms with Crippen molar-refractivity contribution in [2.45, 2.75) is 6.92 Å². The highest BCUT2D eigenvalue weighted by Crippen LogP contribution is 2.27. The zero-order valence-corrected chi connectivity index (χ0v) is 15.9. The van der Waals surface area contributed by atoms with Crippen molar-refractivity contribution < 1.29 is 19.1 Å². The van der Waals surface area contributed by atoms with Crippen molar-refractivity contribution in [3.8, 4) is 22.7 Å². The van der Waals surface area contributed by atoms with Crippen LogP contribution in [-0.2, 0) is 9.53 Å². The molecule has 1 N–H and O–H groups in total. The summed E-state index contributed by atoms with van der Waals surface area (Å²) in [6, 6.07) is 15.1. The highest BCUT2D eigenvalue weighted by molar-refractivity contribution is 6.01. The topological polar surface area (TPSA) is 82.5 Å². The van der Waals surface area contributed by atoms with Gasteiger partial charge in [0.25, 0.3) is 5.91 Å². The quantitative estimate of drug-likeness (QED) is 0.666. The third-order valence-corrected chi connectivity index (χ3v) is 4.22. The van der Waals surface area contributed by atoms with Gasteiger partial charge in [0.1, 0.15) is 18.0 Å². The zero-order valence-electron chi connectivity index (χ0n) is 15.9. The van der Waals surface area contributed by atoms with Crippen molar-refractivity contribution in [3.63, 3.8) is 0 Å². The zero-order chi connectivity index (χ0) is 20.1. The molecule has 0 radical (unpaired) electrons. The Morgan fingerprint density at radius 3 is 2.54 bits per heavy atom. The fourth-order valence-corrected chi connectivity index (χ4v) is 2.67. The molecule has 28 heavy (non-hydrogen) atoms. The van der Waals surface area contributed by atoms with Crippen molar-refractivity contribution in [2.75, 3.05) is 20.8 Å². The Kier molecular flexibility index (Phi) is 5.74. The summed E-state index contributed by atoms with van der Waals surface area (Å²) in [5.74, 6) is -0.285. The Bertz CT molecular complexity index is 993. The molecule has 7 nitrogen and oxygen atoms in total. The van der Waals surface area contributed by atoms with E-state index in [0.717, 1.165) is 16.8 Å². The number of ether oxygens (including phenoxy) is 2. The molecule has 3 aromatic rings. The molecule has 0 atom stereocenters.